The van der Waals surface area contributed by atoms with Gasteiger partial charge in [0.2, 0.25) is 5.91 Å². The van der Waals surface area contributed by atoms with E-state index in [9.17, 15) is 19.5 Å². The lowest BCUT2D eigenvalue weighted by Gasteiger charge is -2.24. The second-order valence-corrected chi connectivity index (χ2v) is 7.53. The molecule has 0 saturated heterocycles. The van der Waals surface area contributed by atoms with Crippen molar-refractivity contribution in [2.75, 3.05) is 0 Å². The number of hydrogen-bond donors (Lipinski definition) is 3. The third-order valence-corrected chi connectivity index (χ3v) is 4.80. The van der Waals surface area contributed by atoms with Crippen LogP contribution in [-0.2, 0) is 27.4 Å². The van der Waals surface area contributed by atoms with Gasteiger partial charge < -0.3 is 20.5 Å². The smallest absolute Gasteiger partial charge is 0.408 e. The number of aliphatic carboxylic acids is 1. The Bertz CT molecular complexity index is 873. The fourth-order valence-corrected chi connectivity index (χ4v) is 2.99. The van der Waals surface area contributed by atoms with E-state index in [0.29, 0.717) is 10.6 Å². The van der Waals surface area contributed by atoms with E-state index in [1.165, 1.54) is 0 Å². The second kappa shape index (κ2) is 11.2. The van der Waals surface area contributed by atoms with Crippen molar-refractivity contribution in [2.24, 2.45) is 5.92 Å². The van der Waals surface area contributed by atoms with Crippen molar-refractivity contribution >= 4 is 29.6 Å². The highest BCUT2D eigenvalue weighted by Crippen LogP contribution is 2.17. The number of carboxylic acids is 1. The van der Waals surface area contributed by atoms with Crippen LogP contribution in [0, 0.1) is 5.92 Å². The molecule has 7 nitrogen and oxygen atoms in total. The lowest BCUT2D eigenvalue weighted by molar-refractivity contribution is -0.142. The number of rotatable bonds is 9. The molecule has 0 aromatic heterocycles. The van der Waals surface area contributed by atoms with Crippen molar-refractivity contribution in [1.29, 1.82) is 0 Å². The van der Waals surface area contributed by atoms with Gasteiger partial charge in [-0.05, 0) is 23.1 Å². The lowest BCUT2D eigenvalue weighted by Crippen LogP contribution is -2.54. The molecule has 0 saturated carbocycles. The van der Waals surface area contributed by atoms with Crippen LogP contribution >= 0.6 is 11.6 Å². The van der Waals surface area contributed by atoms with Crippen molar-refractivity contribution in [3.8, 4) is 0 Å². The lowest BCUT2D eigenvalue weighted by atomic mass is 10.0. The van der Waals surface area contributed by atoms with Gasteiger partial charge >= 0.3 is 12.1 Å². The van der Waals surface area contributed by atoms with Crippen LogP contribution in [0.1, 0.15) is 25.0 Å². The average molecular weight is 433 g/mol. The summed E-state index contributed by atoms with van der Waals surface area (Å²) < 4.78 is 5.16. The standard InChI is InChI=1S/C22H25ClN2O5/c1-14(2)19(25-22(29)30-13-15-8-4-3-5-9-15)20(26)24-18(21(27)28)12-16-10-6-7-11-17(16)23/h3-11,14,18-19H,12-13H2,1-2H3,(H,24,26)(H,25,29)(H,27,28)/t18-,19-/m1/s1. The van der Waals surface area contributed by atoms with Crippen LogP contribution in [-0.4, -0.2) is 35.2 Å². The molecule has 3 N–H and O–H groups in total. The molecule has 0 aliphatic heterocycles. The van der Waals surface area contributed by atoms with Gasteiger partial charge in [0, 0.05) is 11.4 Å². The molecule has 0 spiro atoms. The largest absolute Gasteiger partial charge is 0.480 e. The molecule has 0 fully saturated rings. The normalized spacial score (nSPS) is 12.7. The third kappa shape index (κ3) is 7.08. The van der Waals surface area contributed by atoms with Crippen LogP contribution in [0.15, 0.2) is 54.6 Å². The summed E-state index contributed by atoms with van der Waals surface area (Å²) in [4.78, 5) is 36.5. The number of ether oxygens (including phenoxy) is 1. The minimum atomic E-state index is -1.20. The van der Waals surface area contributed by atoms with Gasteiger partial charge in [0.25, 0.3) is 0 Å². The molecule has 2 aromatic rings. The number of carboxylic acid groups (broad SMARTS) is 1. The van der Waals surface area contributed by atoms with Crippen LogP contribution < -0.4 is 10.6 Å². The summed E-state index contributed by atoms with van der Waals surface area (Å²) in [5, 5.41) is 14.9. The number of carbonyl (C=O) groups excluding carboxylic acids is 2. The van der Waals surface area contributed by atoms with Crippen LogP contribution in [0.2, 0.25) is 5.02 Å². The molecule has 2 amide bonds. The monoisotopic (exact) mass is 432 g/mol. The summed E-state index contributed by atoms with van der Waals surface area (Å²) in [6.07, 6.45) is -0.741. The van der Waals surface area contributed by atoms with Gasteiger partial charge in [-0.15, -0.1) is 0 Å². The minimum absolute atomic E-state index is 0.0179. The van der Waals surface area contributed by atoms with Gasteiger partial charge in [-0.1, -0.05) is 74.0 Å². The maximum atomic E-state index is 12.7. The first-order valence-corrected chi connectivity index (χ1v) is 9.89. The summed E-state index contributed by atoms with van der Waals surface area (Å²) >= 11 is 6.10. The molecule has 2 rings (SSSR count). The van der Waals surface area contributed by atoms with E-state index < -0.39 is 30.1 Å². The SMILES string of the molecule is CC(C)[C@@H](NC(=O)OCc1ccccc1)C(=O)N[C@H](Cc1ccccc1Cl)C(=O)O. The van der Waals surface area contributed by atoms with Gasteiger partial charge in [-0.25, -0.2) is 9.59 Å². The topological polar surface area (TPSA) is 105 Å². The first-order valence-electron chi connectivity index (χ1n) is 9.51. The zero-order chi connectivity index (χ0) is 22.1. The number of hydrogen-bond acceptors (Lipinski definition) is 4. The molecule has 2 atom stereocenters. The Morgan fingerprint density at radius 3 is 2.23 bits per heavy atom. The highest BCUT2D eigenvalue weighted by molar-refractivity contribution is 6.31. The van der Waals surface area contributed by atoms with Crippen LogP contribution in [0.25, 0.3) is 0 Å². The van der Waals surface area contributed by atoms with Crippen molar-refractivity contribution in [2.45, 2.75) is 39.0 Å². The molecule has 0 radical (unpaired) electrons. The molecule has 0 unspecified atom stereocenters. The summed E-state index contributed by atoms with van der Waals surface area (Å²) in [5.41, 5.74) is 1.41. The van der Waals surface area contributed by atoms with E-state index in [-0.39, 0.29) is 18.9 Å². The molecule has 0 aliphatic rings. The van der Waals surface area contributed by atoms with Gasteiger partial charge in [-0.2, -0.15) is 0 Å². The Labute approximate surface area is 180 Å². The Morgan fingerprint density at radius 2 is 1.63 bits per heavy atom. The number of nitrogens with one attached hydrogen (secondary N) is 2. The zero-order valence-electron chi connectivity index (χ0n) is 16.8. The first-order chi connectivity index (χ1) is 14.3. The third-order valence-electron chi connectivity index (χ3n) is 4.43. The van der Waals surface area contributed by atoms with Crippen molar-refractivity contribution < 1.29 is 24.2 Å². The van der Waals surface area contributed by atoms with E-state index in [2.05, 4.69) is 10.6 Å². The highest BCUT2D eigenvalue weighted by atomic mass is 35.5. The van der Waals surface area contributed by atoms with Gasteiger partial charge in [-0.3, -0.25) is 4.79 Å². The molecule has 8 heteroatoms. The average Bonchev–Trinajstić information content (AvgIpc) is 2.71. The summed E-state index contributed by atoms with van der Waals surface area (Å²) in [5.74, 6) is -2.09. The van der Waals surface area contributed by atoms with E-state index in [1.807, 2.05) is 30.3 Å². The molecule has 30 heavy (non-hydrogen) atoms. The summed E-state index contributed by atoms with van der Waals surface area (Å²) in [7, 11) is 0. The quantitative estimate of drug-likeness (QED) is 0.563. The number of benzene rings is 2. The molecular formula is C22H25ClN2O5. The highest BCUT2D eigenvalue weighted by Gasteiger charge is 2.29. The minimum Gasteiger partial charge on any atom is -0.480 e. The van der Waals surface area contributed by atoms with E-state index in [4.69, 9.17) is 16.3 Å². The van der Waals surface area contributed by atoms with Crippen molar-refractivity contribution in [3.05, 3.63) is 70.7 Å². The van der Waals surface area contributed by atoms with E-state index >= 15 is 0 Å². The Kier molecular flexibility index (Phi) is 8.68. The van der Waals surface area contributed by atoms with Gasteiger partial charge in [0.05, 0.1) is 0 Å². The van der Waals surface area contributed by atoms with Crippen LogP contribution in [0.4, 0.5) is 4.79 Å². The van der Waals surface area contributed by atoms with Crippen molar-refractivity contribution in [1.82, 2.24) is 10.6 Å². The molecule has 0 heterocycles. The fraction of sp³-hybridized carbons (Fsp3) is 0.318. The molecular weight excluding hydrogens is 408 g/mol. The van der Waals surface area contributed by atoms with Crippen molar-refractivity contribution in [3.63, 3.8) is 0 Å². The predicted molar refractivity (Wildman–Crippen MR) is 113 cm³/mol. The van der Waals surface area contributed by atoms with Gasteiger partial charge in [0.1, 0.15) is 18.7 Å². The second-order valence-electron chi connectivity index (χ2n) is 7.12. The number of alkyl carbamates (subject to hydrolysis) is 1. The Hall–Kier alpha value is -3.06. The summed E-state index contributed by atoms with van der Waals surface area (Å²) in [6.45, 7) is 3.54. The molecule has 0 aliphatic carbocycles. The maximum absolute atomic E-state index is 12.7. The number of amides is 2. The summed E-state index contributed by atoms with van der Waals surface area (Å²) in [6, 6.07) is 13.8. The predicted octanol–water partition coefficient (Wildman–Crippen LogP) is 3.40. The Balaban J connectivity index is 1.99. The molecule has 2 aromatic carbocycles. The first kappa shape index (κ1) is 23.2. The Morgan fingerprint density at radius 1 is 1.00 bits per heavy atom. The van der Waals surface area contributed by atoms with E-state index in [1.54, 1.807) is 38.1 Å². The molecule has 160 valence electrons. The van der Waals surface area contributed by atoms with Crippen LogP contribution in [0.3, 0.4) is 0 Å². The van der Waals surface area contributed by atoms with Gasteiger partial charge in [0.15, 0.2) is 0 Å². The maximum Gasteiger partial charge on any atom is 0.408 e. The van der Waals surface area contributed by atoms with Crippen LogP contribution in [0.5, 0.6) is 0 Å². The fourth-order valence-electron chi connectivity index (χ4n) is 2.77. The van der Waals surface area contributed by atoms with E-state index in [0.717, 1.165) is 5.56 Å². The number of carbonyl (C=O) groups is 3. The molecule has 0 bridgehead atoms. The number of halogens is 1. The zero-order valence-corrected chi connectivity index (χ0v) is 17.6.